The number of halogens is 1. The van der Waals surface area contributed by atoms with Gasteiger partial charge in [0.05, 0.1) is 20.1 Å². The summed E-state index contributed by atoms with van der Waals surface area (Å²) in [5.74, 6) is 1.55. The number of carbonyl (C=O) groups excluding carboxylic acids is 2. The van der Waals surface area contributed by atoms with Crippen LogP contribution in [0, 0.1) is 29.6 Å². The molecule has 0 aromatic carbocycles. The number of rotatable bonds is 3. The van der Waals surface area contributed by atoms with Crippen LogP contribution in [0.5, 0.6) is 0 Å². The number of methoxy groups -OCH3 is 2. The molecule has 1 aliphatic heterocycles. The van der Waals surface area contributed by atoms with Gasteiger partial charge in [0.25, 0.3) is 0 Å². The minimum Gasteiger partial charge on any atom is -0.496 e. The maximum atomic E-state index is 14.2. The van der Waals surface area contributed by atoms with Crippen molar-refractivity contribution in [2.45, 2.75) is 0 Å². The molecule has 1 heterocycles. The third-order valence-electron chi connectivity index (χ3n) is 3.37. The molecule has 2 rings (SSSR count). The first-order valence-corrected chi connectivity index (χ1v) is 6.06. The van der Waals surface area contributed by atoms with Gasteiger partial charge < -0.3 is 14.8 Å². The Morgan fingerprint density at radius 1 is 1.50 bits per heavy atom. The number of hydrogen-bond donors (Lipinski definition) is 1. The maximum absolute atomic E-state index is 14.2. The van der Waals surface area contributed by atoms with Crippen molar-refractivity contribution in [1.29, 1.82) is 0 Å². The standard InChI is InChI=1S/C14H14FNO4/c1-19-8-4-3-5-9(11(15)6-8)10-7-16-13(17)12(10)14(18)20-2/h4,6,9-10,12H,7H2,1-2H3,(H,16,17)/t9?,10?,12-/m0/s1. The van der Waals surface area contributed by atoms with E-state index in [0.717, 1.165) is 0 Å². The molecule has 6 heteroatoms. The SMILES string of the molecule is COC(=O)[C@@H]1C(=O)NCC1C1C#CC=C(OC)C=C1F. The van der Waals surface area contributed by atoms with E-state index in [-0.39, 0.29) is 6.54 Å². The molecule has 0 bridgehead atoms. The highest BCUT2D eigenvalue weighted by Gasteiger charge is 2.46. The first-order chi connectivity index (χ1) is 9.58. The van der Waals surface area contributed by atoms with Crippen LogP contribution in [0.4, 0.5) is 4.39 Å². The molecular formula is C14H14FNO4. The van der Waals surface area contributed by atoms with Crippen LogP contribution < -0.4 is 5.32 Å². The molecule has 106 valence electrons. The lowest BCUT2D eigenvalue weighted by molar-refractivity contribution is -0.150. The number of nitrogens with one attached hydrogen (secondary N) is 1. The molecule has 1 aliphatic carbocycles. The van der Waals surface area contributed by atoms with Gasteiger partial charge in [-0.25, -0.2) is 4.39 Å². The normalized spacial score (nSPS) is 28.4. The van der Waals surface area contributed by atoms with Crippen LogP contribution in [-0.2, 0) is 19.1 Å². The zero-order chi connectivity index (χ0) is 14.7. The number of hydrogen-bond acceptors (Lipinski definition) is 4. The van der Waals surface area contributed by atoms with E-state index in [2.05, 4.69) is 21.9 Å². The number of esters is 1. The highest BCUT2D eigenvalue weighted by atomic mass is 19.1. The molecule has 3 atom stereocenters. The summed E-state index contributed by atoms with van der Waals surface area (Å²) in [7, 11) is 2.61. The molecule has 1 N–H and O–H groups in total. The van der Waals surface area contributed by atoms with Crippen LogP contribution in [0.1, 0.15) is 0 Å². The number of amides is 1. The molecule has 2 aliphatic rings. The van der Waals surface area contributed by atoms with Crippen LogP contribution in [0.2, 0.25) is 0 Å². The third-order valence-corrected chi connectivity index (χ3v) is 3.37. The van der Waals surface area contributed by atoms with E-state index in [4.69, 9.17) is 4.74 Å². The van der Waals surface area contributed by atoms with Gasteiger partial charge in [-0.2, -0.15) is 0 Å². The zero-order valence-corrected chi connectivity index (χ0v) is 11.1. The minimum absolute atomic E-state index is 0.182. The average molecular weight is 279 g/mol. The van der Waals surface area contributed by atoms with E-state index in [9.17, 15) is 14.0 Å². The summed E-state index contributed by atoms with van der Waals surface area (Å²) < 4.78 is 23.8. The van der Waals surface area contributed by atoms with E-state index in [0.29, 0.717) is 5.76 Å². The lowest BCUT2D eigenvalue weighted by atomic mass is 9.83. The topological polar surface area (TPSA) is 64.6 Å². The fourth-order valence-corrected chi connectivity index (χ4v) is 2.33. The van der Waals surface area contributed by atoms with Crippen LogP contribution >= 0.6 is 0 Å². The average Bonchev–Trinajstić information content (AvgIpc) is 2.71. The highest BCUT2D eigenvalue weighted by Crippen LogP contribution is 2.33. The molecule has 1 amide bonds. The Bertz CT molecular complexity index is 555. The smallest absolute Gasteiger partial charge is 0.318 e. The van der Waals surface area contributed by atoms with Gasteiger partial charge >= 0.3 is 5.97 Å². The molecule has 1 fully saturated rings. The van der Waals surface area contributed by atoms with E-state index in [1.165, 1.54) is 26.4 Å². The number of ether oxygens (including phenoxy) is 2. The Labute approximate surface area is 115 Å². The van der Waals surface area contributed by atoms with Crippen LogP contribution in [0.3, 0.4) is 0 Å². The molecule has 0 aromatic rings. The van der Waals surface area contributed by atoms with Crippen molar-refractivity contribution >= 4 is 11.9 Å². The van der Waals surface area contributed by atoms with Gasteiger partial charge in [0.2, 0.25) is 5.91 Å². The molecule has 20 heavy (non-hydrogen) atoms. The van der Waals surface area contributed by atoms with Gasteiger partial charge in [-0.05, 0) is 0 Å². The predicted octanol–water partition coefficient (Wildman–Crippen LogP) is 0.538. The van der Waals surface area contributed by atoms with Crippen molar-refractivity contribution in [1.82, 2.24) is 5.32 Å². The van der Waals surface area contributed by atoms with E-state index in [1.54, 1.807) is 0 Å². The molecule has 0 radical (unpaired) electrons. The van der Waals surface area contributed by atoms with Gasteiger partial charge in [-0.3, -0.25) is 9.59 Å². The second kappa shape index (κ2) is 5.78. The van der Waals surface area contributed by atoms with E-state index >= 15 is 0 Å². The summed E-state index contributed by atoms with van der Waals surface area (Å²) >= 11 is 0. The second-order valence-electron chi connectivity index (χ2n) is 4.46. The highest BCUT2D eigenvalue weighted by molar-refractivity contribution is 5.99. The largest absolute Gasteiger partial charge is 0.496 e. The molecule has 2 unspecified atom stereocenters. The Hall–Kier alpha value is -2.29. The third kappa shape index (κ3) is 2.52. The fourth-order valence-electron chi connectivity index (χ4n) is 2.33. The van der Waals surface area contributed by atoms with E-state index < -0.39 is 35.5 Å². The first kappa shape index (κ1) is 14.1. The monoisotopic (exact) mass is 279 g/mol. The first-order valence-electron chi connectivity index (χ1n) is 6.06. The molecule has 0 spiro atoms. The maximum Gasteiger partial charge on any atom is 0.318 e. The Kier molecular flexibility index (Phi) is 4.08. The van der Waals surface area contributed by atoms with Crippen molar-refractivity contribution in [3.8, 4) is 11.8 Å². The minimum atomic E-state index is -1.04. The summed E-state index contributed by atoms with van der Waals surface area (Å²) in [5, 5.41) is 2.55. The number of allylic oxidation sites excluding steroid dienone is 3. The molecule has 0 saturated carbocycles. The van der Waals surface area contributed by atoms with Gasteiger partial charge in [0.15, 0.2) is 0 Å². The van der Waals surface area contributed by atoms with Gasteiger partial charge in [0.1, 0.15) is 17.5 Å². The molecule has 5 nitrogen and oxygen atoms in total. The molecular weight excluding hydrogens is 265 g/mol. The predicted molar refractivity (Wildman–Crippen MR) is 67.6 cm³/mol. The zero-order valence-electron chi connectivity index (χ0n) is 11.1. The lowest BCUT2D eigenvalue weighted by Crippen LogP contribution is -2.32. The summed E-state index contributed by atoms with van der Waals surface area (Å²) in [4.78, 5) is 23.4. The van der Waals surface area contributed by atoms with Crippen LogP contribution in [0.25, 0.3) is 0 Å². The van der Waals surface area contributed by atoms with Gasteiger partial charge in [-0.1, -0.05) is 11.8 Å². The summed E-state index contributed by atoms with van der Waals surface area (Å²) in [6.45, 7) is 0.182. The van der Waals surface area contributed by atoms with Gasteiger partial charge in [0, 0.05) is 24.6 Å². The van der Waals surface area contributed by atoms with Crippen molar-refractivity contribution in [3.05, 3.63) is 23.7 Å². The quantitative estimate of drug-likeness (QED) is 0.465. The summed E-state index contributed by atoms with van der Waals surface area (Å²) in [6, 6.07) is 0. The van der Waals surface area contributed by atoms with Crippen molar-refractivity contribution in [3.63, 3.8) is 0 Å². The molecule has 0 aromatic heterocycles. The molecule has 1 saturated heterocycles. The second-order valence-corrected chi connectivity index (χ2v) is 4.46. The van der Waals surface area contributed by atoms with Crippen molar-refractivity contribution < 1.29 is 23.5 Å². The number of carbonyl (C=O) groups is 2. The Balaban J connectivity index is 2.29. The Morgan fingerprint density at radius 3 is 2.90 bits per heavy atom. The van der Waals surface area contributed by atoms with E-state index in [1.807, 2.05) is 0 Å². The lowest BCUT2D eigenvalue weighted by Gasteiger charge is -2.19. The Morgan fingerprint density at radius 2 is 2.25 bits per heavy atom. The van der Waals surface area contributed by atoms with Crippen molar-refractivity contribution in [2.75, 3.05) is 20.8 Å². The fraction of sp³-hybridized carbons (Fsp3) is 0.429. The van der Waals surface area contributed by atoms with Crippen molar-refractivity contribution in [2.24, 2.45) is 17.8 Å². The van der Waals surface area contributed by atoms with Crippen LogP contribution in [-0.4, -0.2) is 32.6 Å². The summed E-state index contributed by atoms with van der Waals surface area (Å²) in [6.07, 6.45) is 2.64. The van der Waals surface area contributed by atoms with Crippen LogP contribution in [0.15, 0.2) is 23.7 Å². The summed E-state index contributed by atoms with van der Waals surface area (Å²) in [5.41, 5.74) is 0. The van der Waals surface area contributed by atoms with Gasteiger partial charge in [-0.15, -0.1) is 0 Å².